The standard InChI is InChI=1S/C17H18N4O5S/c1-8-14(19-9(2)15(8)17(23)21-24)7-12-11-6-10(27(25,26)18-3)4-5-13(11)20-16(12)22/h4-7,18-19,24H,1-3H3,(H,20,22)(H,21,23)/b12-7+. The van der Waals surface area contributed by atoms with Crippen LogP contribution in [-0.4, -0.2) is 37.5 Å². The van der Waals surface area contributed by atoms with Crippen LogP contribution in [0.5, 0.6) is 0 Å². The average molecular weight is 390 g/mol. The topological polar surface area (TPSA) is 140 Å². The number of anilines is 1. The Morgan fingerprint density at radius 1 is 1.26 bits per heavy atom. The number of aromatic nitrogens is 1. The van der Waals surface area contributed by atoms with Crippen molar-refractivity contribution in [3.8, 4) is 0 Å². The normalized spacial score (nSPS) is 15.0. The van der Waals surface area contributed by atoms with Crippen LogP contribution in [0.4, 0.5) is 5.69 Å². The number of nitrogens with one attached hydrogen (secondary N) is 4. The van der Waals surface area contributed by atoms with Gasteiger partial charge in [-0.05, 0) is 50.7 Å². The van der Waals surface area contributed by atoms with Crippen LogP contribution in [0.3, 0.4) is 0 Å². The third kappa shape index (κ3) is 3.14. The smallest absolute Gasteiger partial charge is 0.276 e. The summed E-state index contributed by atoms with van der Waals surface area (Å²) in [5, 5.41) is 11.6. The maximum atomic E-state index is 12.4. The highest BCUT2D eigenvalue weighted by Gasteiger charge is 2.27. The molecule has 0 fully saturated rings. The molecule has 9 nitrogen and oxygen atoms in total. The summed E-state index contributed by atoms with van der Waals surface area (Å²) >= 11 is 0. The van der Waals surface area contributed by atoms with Crippen molar-refractivity contribution >= 4 is 39.2 Å². The zero-order valence-corrected chi connectivity index (χ0v) is 15.6. The van der Waals surface area contributed by atoms with Crippen molar-refractivity contribution in [1.29, 1.82) is 0 Å². The molecule has 0 saturated heterocycles. The first kappa shape index (κ1) is 18.8. The highest BCUT2D eigenvalue weighted by atomic mass is 32.2. The lowest BCUT2D eigenvalue weighted by atomic mass is 10.0. The number of carbonyl (C=O) groups is 2. The third-order valence-electron chi connectivity index (χ3n) is 4.45. The van der Waals surface area contributed by atoms with Crippen molar-refractivity contribution in [2.75, 3.05) is 12.4 Å². The monoisotopic (exact) mass is 390 g/mol. The molecular weight excluding hydrogens is 372 g/mol. The Morgan fingerprint density at radius 3 is 2.59 bits per heavy atom. The number of sulfonamides is 1. The number of rotatable bonds is 4. The van der Waals surface area contributed by atoms with Crippen LogP contribution >= 0.6 is 0 Å². The quantitative estimate of drug-likeness (QED) is 0.303. The Balaban J connectivity index is 2.14. The Morgan fingerprint density at radius 2 is 1.96 bits per heavy atom. The summed E-state index contributed by atoms with van der Waals surface area (Å²) in [5.74, 6) is -1.05. The molecule has 0 radical (unpaired) electrons. The molecule has 0 bridgehead atoms. The first-order valence-electron chi connectivity index (χ1n) is 7.94. The Kier molecular flexibility index (Phi) is 4.64. The minimum atomic E-state index is -3.66. The molecule has 142 valence electrons. The van der Waals surface area contributed by atoms with E-state index in [1.165, 1.54) is 25.2 Å². The molecule has 1 aliphatic rings. The Bertz CT molecular complexity index is 1100. The van der Waals surface area contributed by atoms with Crippen molar-refractivity contribution in [3.63, 3.8) is 0 Å². The van der Waals surface area contributed by atoms with Gasteiger partial charge in [0.2, 0.25) is 10.0 Å². The molecule has 0 aliphatic carbocycles. The summed E-state index contributed by atoms with van der Waals surface area (Å²) in [7, 11) is -2.36. The van der Waals surface area contributed by atoms with Crippen LogP contribution < -0.4 is 15.5 Å². The fourth-order valence-corrected chi connectivity index (χ4v) is 3.81. The van der Waals surface area contributed by atoms with Gasteiger partial charge >= 0.3 is 0 Å². The SMILES string of the molecule is CNS(=O)(=O)c1ccc2c(c1)/C(=C\c1[nH]c(C)c(C(=O)NO)c1C)C(=O)N2. The van der Waals surface area contributed by atoms with E-state index in [9.17, 15) is 18.0 Å². The Labute approximate surface area is 155 Å². The molecule has 1 aromatic carbocycles. The van der Waals surface area contributed by atoms with Gasteiger partial charge in [0.25, 0.3) is 11.8 Å². The molecule has 0 unspecified atom stereocenters. The largest absolute Gasteiger partial charge is 0.358 e. The third-order valence-corrected chi connectivity index (χ3v) is 5.86. The number of aryl methyl sites for hydroxylation is 1. The van der Waals surface area contributed by atoms with Gasteiger partial charge in [-0.1, -0.05) is 0 Å². The van der Waals surface area contributed by atoms with Crippen LogP contribution in [0.1, 0.15) is 32.9 Å². The van der Waals surface area contributed by atoms with Crippen molar-refractivity contribution in [2.45, 2.75) is 18.7 Å². The highest BCUT2D eigenvalue weighted by Crippen LogP contribution is 2.35. The maximum Gasteiger partial charge on any atom is 0.276 e. The molecule has 0 atom stereocenters. The number of aromatic amines is 1. The van der Waals surface area contributed by atoms with E-state index in [0.29, 0.717) is 28.2 Å². The van der Waals surface area contributed by atoms with Crippen molar-refractivity contribution in [3.05, 3.63) is 46.3 Å². The van der Waals surface area contributed by atoms with Gasteiger partial charge in [-0.3, -0.25) is 14.8 Å². The van der Waals surface area contributed by atoms with Gasteiger partial charge in [-0.15, -0.1) is 0 Å². The van der Waals surface area contributed by atoms with E-state index >= 15 is 0 Å². The summed E-state index contributed by atoms with van der Waals surface area (Å²) in [4.78, 5) is 27.2. The Hall–Kier alpha value is -2.95. The molecule has 1 aliphatic heterocycles. The average Bonchev–Trinajstić information content (AvgIpc) is 3.10. The lowest BCUT2D eigenvalue weighted by molar-refractivity contribution is -0.110. The van der Waals surface area contributed by atoms with E-state index in [4.69, 9.17) is 5.21 Å². The minimum Gasteiger partial charge on any atom is -0.358 e. The lowest BCUT2D eigenvalue weighted by Crippen LogP contribution is -2.19. The number of hydroxylamine groups is 1. The predicted octanol–water partition coefficient (Wildman–Crippen LogP) is 1.15. The first-order valence-corrected chi connectivity index (χ1v) is 9.42. The van der Waals surface area contributed by atoms with E-state index in [-0.39, 0.29) is 21.9 Å². The molecule has 2 aromatic rings. The molecule has 10 heteroatoms. The zero-order valence-electron chi connectivity index (χ0n) is 14.8. The van der Waals surface area contributed by atoms with E-state index in [1.807, 2.05) is 0 Å². The van der Waals surface area contributed by atoms with Gasteiger partial charge in [0.15, 0.2) is 0 Å². The van der Waals surface area contributed by atoms with Crippen molar-refractivity contribution in [1.82, 2.24) is 15.2 Å². The fourth-order valence-electron chi connectivity index (χ4n) is 3.05. The van der Waals surface area contributed by atoms with Gasteiger partial charge < -0.3 is 10.3 Å². The molecule has 1 aromatic heterocycles. The second-order valence-electron chi connectivity index (χ2n) is 6.03. The zero-order chi connectivity index (χ0) is 19.9. The van der Waals surface area contributed by atoms with Gasteiger partial charge in [0, 0.05) is 22.6 Å². The number of benzene rings is 1. The molecule has 0 saturated carbocycles. The number of amides is 2. The number of H-pyrrole nitrogens is 1. The van der Waals surface area contributed by atoms with Crippen LogP contribution in [0.15, 0.2) is 23.1 Å². The number of hydrogen-bond donors (Lipinski definition) is 5. The molecular formula is C17H18N4O5S. The minimum absolute atomic E-state index is 0.0332. The van der Waals surface area contributed by atoms with Gasteiger partial charge in [-0.25, -0.2) is 18.6 Å². The number of fused-ring (bicyclic) bond motifs is 1. The van der Waals surface area contributed by atoms with Gasteiger partial charge in [-0.2, -0.15) is 0 Å². The molecule has 2 heterocycles. The molecule has 3 rings (SSSR count). The van der Waals surface area contributed by atoms with E-state index in [1.54, 1.807) is 25.4 Å². The lowest BCUT2D eigenvalue weighted by Gasteiger charge is -2.05. The number of hydrogen-bond acceptors (Lipinski definition) is 5. The van der Waals surface area contributed by atoms with Crippen LogP contribution in [0.25, 0.3) is 11.6 Å². The highest BCUT2D eigenvalue weighted by molar-refractivity contribution is 7.89. The summed E-state index contributed by atoms with van der Waals surface area (Å²) in [6.45, 7) is 3.34. The van der Waals surface area contributed by atoms with Crippen LogP contribution in [0, 0.1) is 13.8 Å². The van der Waals surface area contributed by atoms with Crippen LogP contribution in [0.2, 0.25) is 0 Å². The van der Waals surface area contributed by atoms with E-state index < -0.39 is 15.9 Å². The summed E-state index contributed by atoms with van der Waals surface area (Å²) in [5.41, 5.74) is 4.64. The maximum absolute atomic E-state index is 12.4. The number of carbonyl (C=O) groups excluding carboxylic acids is 2. The molecule has 2 amide bonds. The first-order chi connectivity index (χ1) is 12.7. The van der Waals surface area contributed by atoms with Gasteiger partial charge in [0.05, 0.1) is 16.0 Å². The summed E-state index contributed by atoms with van der Waals surface area (Å²) < 4.78 is 26.3. The molecule has 0 spiro atoms. The molecule has 5 N–H and O–H groups in total. The second kappa shape index (κ2) is 6.65. The predicted molar refractivity (Wildman–Crippen MR) is 98.7 cm³/mol. The van der Waals surface area contributed by atoms with E-state index in [2.05, 4.69) is 15.0 Å². The summed E-state index contributed by atoms with van der Waals surface area (Å²) in [6, 6.07) is 4.34. The van der Waals surface area contributed by atoms with Gasteiger partial charge in [0.1, 0.15) is 0 Å². The van der Waals surface area contributed by atoms with Crippen LogP contribution in [-0.2, 0) is 14.8 Å². The summed E-state index contributed by atoms with van der Waals surface area (Å²) in [6.07, 6.45) is 1.55. The second-order valence-corrected chi connectivity index (χ2v) is 7.92. The fraction of sp³-hybridized carbons (Fsp3) is 0.176. The van der Waals surface area contributed by atoms with Crippen molar-refractivity contribution in [2.24, 2.45) is 0 Å². The molecule has 27 heavy (non-hydrogen) atoms. The van der Waals surface area contributed by atoms with E-state index in [0.717, 1.165) is 0 Å². The van der Waals surface area contributed by atoms with Crippen molar-refractivity contribution < 1.29 is 23.2 Å².